The highest BCUT2D eigenvalue weighted by atomic mass is 79.9. The van der Waals surface area contributed by atoms with Crippen LogP contribution in [0.15, 0.2) is 34.1 Å². The van der Waals surface area contributed by atoms with Gasteiger partial charge in [-0.2, -0.15) is 0 Å². The molecule has 1 amide bonds. The van der Waals surface area contributed by atoms with Gasteiger partial charge in [0.15, 0.2) is 0 Å². The molecule has 1 N–H and O–H groups in total. The number of fused-ring (bicyclic) bond motifs is 1. The molecule has 21 heavy (non-hydrogen) atoms. The molecule has 3 rings (SSSR count). The van der Waals surface area contributed by atoms with Crippen LogP contribution < -0.4 is 5.32 Å². The first kappa shape index (κ1) is 14.8. The lowest BCUT2D eigenvalue weighted by molar-refractivity contribution is 0.102. The van der Waals surface area contributed by atoms with Crippen LogP contribution in [0.25, 0.3) is 0 Å². The number of carbonyl (C=O) groups is 1. The summed E-state index contributed by atoms with van der Waals surface area (Å²) in [5, 5.41) is 5.02. The molecule has 1 aliphatic rings. The highest BCUT2D eigenvalue weighted by Gasteiger charge is 2.24. The first-order valence-corrected chi connectivity index (χ1v) is 9.00. The molecule has 4 heteroatoms. The number of amides is 1. The lowest BCUT2D eigenvalue weighted by Gasteiger charge is -2.21. The van der Waals surface area contributed by atoms with E-state index in [1.54, 1.807) is 11.3 Å². The minimum Gasteiger partial charge on any atom is -0.322 e. The largest absolute Gasteiger partial charge is 0.322 e. The van der Waals surface area contributed by atoms with E-state index in [4.69, 9.17) is 0 Å². The maximum atomic E-state index is 12.5. The Morgan fingerprint density at radius 2 is 2.33 bits per heavy atom. The van der Waals surface area contributed by atoms with E-state index < -0.39 is 0 Å². The molecule has 1 heterocycles. The van der Waals surface area contributed by atoms with Gasteiger partial charge in [-0.1, -0.05) is 35.3 Å². The third-order valence-electron chi connectivity index (χ3n) is 4.16. The van der Waals surface area contributed by atoms with Gasteiger partial charge in [-0.15, -0.1) is 11.3 Å². The standard InChI is InChI=1S/C17H18BrNOS/c1-2-11-6-7-14-15(10-21-16(14)8-11)17(20)19-13-5-3-4-12(18)9-13/h3-5,9-11H,2,6-8H2,1H3,(H,19,20). The van der Waals surface area contributed by atoms with Crippen LogP contribution in [0, 0.1) is 5.92 Å². The Morgan fingerprint density at radius 3 is 3.10 bits per heavy atom. The number of anilines is 1. The molecule has 1 aromatic carbocycles. The van der Waals surface area contributed by atoms with E-state index >= 15 is 0 Å². The fraction of sp³-hybridized carbons (Fsp3) is 0.353. The van der Waals surface area contributed by atoms with Gasteiger partial charge in [0.1, 0.15) is 0 Å². The average Bonchev–Trinajstić information content (AvgIpc) is 2.90. The van der Waals surface area contributed by atoms with Crippen LogP contribution in [0.4, 0.5) is 5.69 Å². The van der Waals surface area contributed by atoms with Crippen LogP contribution in [0.5, 0.6) is 0 Å². The minimum absolute atomic E-state index is 0.0144. The quantitative estimate of drug-likeness (QED) is 0.789. The summed E-state index contributed by atoms with van der Waals surface area (Å²) < 4.78 is 0.971. The Morgan fingerprint density at radius 1 is 1.48 bits per heavy atom. The third kappa shape index (κ3) is 3.22. The Balaban J connectivity index is 1.79. The van der Waals surface area contributed by atoms with Crippen molar-refractivity contribution in [2.45, 2.75) is 32.6 Å². The van der Waals surface area contributed by atoms with Crippen molar-refractivity contribution in [1.82, 2.24) is 0 Å². The van der Waals surface area contributed by atoms with Crippen LogP contribution in [-0.4, -0.2) is 5.91 Å². The van der Waals surface area contributed by atoms with Crippen molar-refractivity contribution in [3.8, 4) is 0 Å². The van der Waals surface area contributed by atoms with Gasteiger partial charge in [-0.25, -0.2) is 0 Å². The smallest absolute Gasteiger partial charge is 0.256 e. The molecule has 0 fully saturated rings. The van der Waals surface area contributed by atoms with Gasteiger partial charge in [0.05, 0.1) is 5.56 Å². The summed E-state index contributed by atoms with van der Waals surface area (Å²) in [6.07, 6.45) is 4.62. The average molecular weight is 364 g/mol. The van der Waals surface area contributed by atoms with E-state index in [1.165, 1.54) is 23.3 Å². The summed E-state index contributed by atoms with van der Waals surface area (Å²) in [6, 6.07) is 7.71. The second-order valence-electron chi connectivity index (χ2n) is 5.53. The number of hydrogen-bond acceptors (Lipinski definition) is 2. The summed E-state index contributed by atoms with van der Waals surface area (Å²) in [6.45, 7) is 2.25. The van der Waals surface area contributed by atoms with E-state index in [0.29, 0.717) is 0 Å². The second kappa shape index (κ2) is 6.32. The maximum Gasteiger partial charge on any atom is 0.256 e. The minimum atomic E-state index is 0.0144. The van der Waals surface area contributed by atoms with Crippen LogP contribution in [-0.2, 0) is 12.8 Å². The molecular formula is C17H18BrNOS. The van der Waals surface area contributed by atoms with Crippen molar-refractivity contribution < 1.29 is 4.79 Å². The van der Waals surface area contributed by atoms with E-state index in [-0.39, 0.29) is 5.91 Å². The molecule has 1 aliphatic carbocycles. The van der Waals surface area contributed by atoms with E-state index in [1.807, 2.05) is 29.6 Å². The number of carbonyl (C=O) groups excluding carboxylic acids is 1. The van der Waals surface area contributed by atoms with Gasteiger partial charge in [0.2, 0.25) is 0 Å². The van der Waals surface area contributed by atoms with Gasteiger partial charge in [0.25, 0.3) is 5.91 Å². The number of nitrogens with one attached hydrogen (secondary N) is 1. The summed E-state index contributed by atoms with van der Waals surface area (Å²) in [5.74, 6) is 0.803. The molecule has 0 aliphatic heterocycles. The molecule has 0 radical (unpaired) electrons. The summed E-state index contributed by atoms with van der Waals surface area (Å²) in [7, 11) is 0. The van der Waals surface area contributed by atoms with E-state index in [0.717, 1.165) is 34.5 Å². The zero-order chi connectivity index (χ0) is 14.8. The zero-order valence-corrected chi connectivity index (χ0v) is 14.4. The van der Waals surface area contributed by atoms with Gasteiger partial charge in [-0.05, 0) is 48.9 Å². The van der Waals surface area contributed by atoms with Crippen molar-refractivity contribution in [3.63, 3.8) is 0 Å². The fourth-order valence-corrected chi connectivity index (χ4v) is 4.48. The first-order chi connectivity index (χ1) is 10.2. The lowest BCUT2D eigenvalue weighted by Crippen LogP contribution is -2.17. The molecular weight excluding hydrogens is 346 g/mol. The van der Waals surface area contributed by atoms with Crippen molar-refractivity contribution in [3.05, 3.63) is 50.1 Å². The Kier molecular flexibility index (Phi) is 4.45. The van der Waals surface area contributed by atoms with Crippen LogP contribution in [0.2, 0.25) is 0 Å². The summed E-state index contributed by atoms with van der Waals surface area (Å²) in [5.41, 5.74) is 2.97. The van der Waals surface area contributed by atoms with Crippen LogP contribution in [0.1, 0.15) is 40.6 Å². The van der Waals surface area contributed by atoms with Crippen molar-refractivity contribution in [2.24, 2.45) is 5.92 Å². The topological polar surface area (TPSA) is 29.1 Å². The molecule has 2 aromatic rings. The van der Waals surface area contributed by atoms with Gasteiger partial charge < -0.3 is 5.32 Å². The number of halogens is 1. The predicted octanol–water partition coefficient (Wildman–Crippen LogP) is 5.28. The van der Waals surface area contributed by atoms with E-state index in [9.17, 15) is 4.79 Å². The van der Waals surface area contributed by atoms with Crippen LogP contribution in [0.3, 0.4) is 0 Å². The first-order valence-electron chi connectivity index (χ1n) is 7.33. The molecule has 110 valence electrons. The number of thiophene rings is 1. The molecule has 1 atom stereocenters. The Bertz CT molecular complexity index is 665. The third-order valence-corrected chi connectivity index (χ3v) is 5.71. The monoisotopic (exact) mass is 363 g/mol. The molecule has 1 aromatic heterocycles. The van der Waals surface area contributed by atoms with Gasteiger partial charge in [-0.3, -0.25) is 4.79 Å². The van der Waals surface area contributed by atoms with Crippen LogP contribution >= 0.6 is 27.3 Å². The SMILES string of the molecule is CCC1CCc2c(C(=O)Nc3cccc(Br)c3)csc2C1. The summed E-state index contributed by atoms with van der Waals surface area (Å²) >= 11 is 5.17. The molecule has 0 saturated carbocycles. The van der Waals surface area contributed by atoms with Crippen molar-refractivity contribution >= 4 is 38.9 Å². The van der Waals surface area contributed by atoms with Crippen molar-refractivity contribution in [2.75, 3.05) is 5.32 Å². The predicted molar refractivity (Wildman–Crippen MR) is 92.2 cm³/mol. The zero-order valence-electron chi connectivity index (χ0n) is 12.0. The highest BCUT2D eigenvalue weighted by Crippen LogP contribution is 2.34. The molecule has 0 spiro atoms. The number of benzene rings is 1. The van der Waals surface area contributed by atoms with E-state index in [2.05, 4.69) is 28.2 Å². The van der Waals surface area contributed by atoms with Gasteiger partial charge >= 0.3 is 0 Å². The maximum absolute atomic E-state index is 12.5. The molecule has 1 unspecified atom stereocenters. The molecule has 0 bridgehead atoms. The Labute approximate surface area is 137 Å². The Hall–Kier alpha value is -1.13. The van der Waals surface area contributed by atoms with Gasteiger partial charge in [0, 0.05) is 20.4 Å². The molecule has 2 nitrogen and oxygen atoms in total. The fourth-order valence-electron chi connectivity index (χ4n) is 2.88. The second-order valence-corrected chi connectivity index (χ2v) is 7.41. The number of rotatable bonds is 3. The van der Waals surface area contributed by atoms with Crippen molar-refractivity contribution in [1.29, 1.82) is 0 Å². The number of hydrogen-bond donors (Lipinski definition) is 1. The highest BCUT2D eigenvalue weighted by molar-refractivity contribution is 9.10. The normalized spacial score (nSPS) is 17.3. The lowest BCUT2D eigenvalue weighted by atomic mass is 9.86. The molecule has 0 saturated heterocycles. The summed E-state index contributed by atoms with van der Waals surface area (Å²) in [4.78, 5) is 13.9.